The zero-order chi connectivity index (χ0) is 18.5. The Morgan fingerprint density at radius 2 is 1.85 bits per heavy atom. The van der Waals surface area contributed by atoms with Crippen LogP contribution in [-0.4, -0.2) is 43.4 Å². The number of aryl methyl sites for hydroxylation is 1. The molecule has 0 radical (unpaired) electrons. The average molecular weight is 355 g/mol. The monoisotopic (exact) mass is 355 g/mol. The number of carbonyl (C=O) groups is 2. The summed E-state index contributed by atoms with van der Waals surface area (Å²) in [6, 6.07) is 13.5. The third kappa shape index (κ3) is 4.46. The minimum Gasteiger partial charge on any atom is -0.325 e. The molecule has 1 aliphatic rings. The maximum atomic E-state index is 12.9. The molecule has 1 aliphatic heterocycles. The van der Waals surface area contributed by atoms with Crippen molar-refractivity contribution in [3.8, 4) is 0 Å². The van der Waals surface area contributed by atoms with Crippen molar-refractivity contribution < 1.29 is 14.0 Å². The van der Waals surface area contributed by atoms with Gasteiger partial charge in [-0.2, -0.15) is 0 Å². The van der Waals surface area contributed by atoms with Crippen molar-refractivity contribution in [1.29, 1.82) is 0 Å². The molecule has 0 fully saturated rings. The van der Waals surface area contributed by atoms with Gasteiger partial charge in [-0.05, 0) is 55.8 Å². The van der Waals surface area contributed by atoms with Gasteiger partial charge in [0.2, 0.25) is 11.8 Å². The van der Waals surface area contributed by atoms with Crippen LogP contribution in [0.1, 0.15) is 12.0 Å². The van der Waals surface area contributed by atoms with Gasteiger partial charge in [0, 0.05) is 17.9 Å². The molecule has 0 atom stereocenters. The number of hydrogen-bond acceptors (Lipinski definition) is 3. The normalized spacial score (nSPS) is 13.4. The van der Waals surface area contributed by atoms with Gasteiger partial charge in [-0.15, -0.1) is 0 Å². The highest BCUT2D eigenvalue weighted by Gasteiger charge is 2.23. The van der Waals surface area contributed by atoms with E-state index in [4.69, 9.17) is 0 Å². The molecule has 0 bridgehead atoms. The molecule has 0 aromatic heterocycles. The summed E-state index contributed by atoms with van der Waals surface area (Å²) < 4.78 is 12.9. The number of nitrogens with one attached hydrogen (secondary N) is 1. The highest BCUT2D eigenvalue weighted by Crippen LogP contribution is 2.26. The number of fused-ring (bicyclic) bond motifs is 1. The largest absolute Gasteiger partial charge is 0.325 e. The predicted octanol–water partition coefficient (Wildman–Crippen LogP) is 2.68. The Bertz CT molecular complexity index is 792. The van der Waals surface area contributed by atoms with Crippen molar-refractivity contribution in [2.45, 2.75) is 12.8 Å². The Kier molecular flexibility index (Phi) is 5.63. The minimum atomic E-state index is -0.354. The van der Waals surface area contributed by atoms with E-state index >= 15 is 0 Å². The lowest BCUT2D eigenvalue weighted by Crippen LogP contribution is -2.43. The predicted molar refractivity (Wildman–Crippen MR) is 99.6 cm³/mol. The van der Waals surface area contributed by atoms with E-state index in [1.54, 1.807) is 16.8 Å². The third-order valence-electron chi connectivity index (χ3n) is 4.36. The van der Waals surface area contributed by atoms with Crippen LogP contribution in [0.4, 0.5) is 15.8 Å². The molecule has 26 heavy (non-hydrogen) atoms. The molecule has 0 spiro atoms. The molecule has 2 aromatic carbocycles. The van der Waals surface area contributed by atoms with Crippen LogP contribution in [-0.2, 0) is 16.0 Å². The highest BCUT2D eigenvalue weighted by molar-refractivity contribution is 5.97. The standard InChI is InChI=1S/C20H22FN3O2/c1-23(13-19(25)22-17-10-8-16(21)9-11-17)14-20(26)24-12-4-6-15-5-2-3-7-18(15)24/h2-3,5,7-11H,4,6,12-14H2,1H3,(H,22,25). The molecule has 0 unspecified atom stereocenters. The van der Waals surface area contributed by atoms with Crippen molar-refractivity contribution >= 4 is 23.2 Å². The Balaban J connectivity index is 1.54. The number of rotatable bonds is 5. The van der Waals surface area contributed by atoms with Crippen LogP contribution in [0.15, 0.2) is 48.5 Å². The number of hydrogen-bond donors (Lipinski definition) is 1. The number of halogens is 1. The van der Waals surface area contributed by atoms with Crippen molar-refractivity contribution in [2.24, 2.45) is 0 Å². The molecule has 2 amide bonds. The summed E-state index contributed by atoms with van der Waals surface area (Å²) in [5.41, 5.74) is 2.68. The maximum absolute atomic E-state index is 12.9. The summed E-state index contributed by atoms with van der Waals surface area (Å²) in [4.78, 5) is 28.2. The topological polar surface area (TPSA) is 52.7 Å². The van der Waals surface area contributed by atoms with Crippen LogP contribution in [0.5, 0.6) is 0 Å². The molecule has 0 saturated carbocycles. The van der Waals surface area contributed by atoms with E-state index < -0.39 is 0 Å². The lowest BCUT2D eigenvalue weighted by Gasteiger charge is -2.30. The number of carbonyl (C=O) groups excluding carboxylic acids is 2. The molecule has 2 aromatic rings. The smallest absolute Gasteiger partial charge is 0.241 e. The van der Waals surface area contributed by atoms with E-state index in [-0.39, 0.29) is 30.7 Å². The van der Waals surface area contributed by atoms with Crippen molar-refractivity contribution in [3.63, 3.8) is 0 Å². The van der Waals surface area contributed by atoms with Crippen LogP contribution in [0.25, 0.3) is 0 Å². The summed E-state index contributed by atoms with van der Waals surface area (Å²) in [7, 11) is 1.73. The van der Waals surface area contributed by atoms with Crippen LogP contribution >= 0.6 is 0 Å². The van der Waals surface area contributed by atoms with E-state index in [2.05, 4.69) is 11.4 Å². The first kappa shape index (κ1) is 18.1. The van der Waals surface area contributed by atoms with Gasteiger partial charge in [0.25, 0.3) is 0 Å². The molecular weight excluding hydrogens is 333 g/mol. The fraction of sp³-hybridized carbons (Fsp3) is 0.300. The van der Waals surface area contributed by atoms with Gasteiger partial charge in [-0.3, -0.25) is 14.5 Å². The lowest BCUT2D eigenvalue weighted by atomic mass is 10.0. The lowest BCUT2D eigenvalue weighted by molar-refractivity contribution is -0.121. The minimum absolute atomic E-state index is 0.0192. The summed E-state index contributed by atoms with van der Waals surface area (Å²) in [6.45, 7) is 0.940. The van der Waals surface area contributed by atoms with E-state index in [1.165, 1.54) is 29.8 Å². The molecule has 136 valence electrons. The van der Waals surface area contributed by atoms with Gasteiger partial charge in [-0.25, -0.2) is 4.39 Å². The first-order valence-electron chi connectivity index (χ1n) is 8.65. The molecule has 3 rings (SSSR count). The van der Waals surface area contributed by atoms with Crippen molar-refractivity contribution in [2.75, 3.05) is 36.9 Å². The fourth-order valence-corrected chi connectivity index (χ4v) is 3.14. The number of benzene rings is 2. The zero-order valence-corrected chi connectivity index (χ0v) is 14.7. The van der Waals surface area contributed by atoms with E-state index in [1.807, 2.05) is 18.2 Å². The van der Waals surface area contributed by atoms with E-state index in [0.29, 0.717) is 12.2 Å². The molecule has 1 heterocycles. The SMILES string of the molecule is CN(CC(=O)Nc1ccc(F)cc1)CC(=O)N1CCCc2ccccc21. The highest BCUT2D eigenvalue weighted by atomic mass is 19.1. The third-order valence-corrected chi connectivity index (χ3v) is 4.36. The Labute approximate surface area is 152 Å². The fourth-order valence-electron chi connectivity index (χ4n) is 3.14. The number of amides is 2. The number of para-hydroxylation sites is 1. The van der Waals surface area contributed by atoms with Crippen LogP contribution in [0, 0.1) is 5.82 Å². The molecule has 6 heteroatoms. The number of anilines is 2. The number of nitrogens with zero attached hydrogens (tertiary/aromatic N) is 2. The molecule has 5 nitrogen and oxygen atoms in total. The van der Waals surface area contributed by atoms with Gasteiger partial charge in [0.15, 0.2) is 0 Å². The Morgan fingerprint density at radius 3 is 2.62 bits per heavy atom. The second-order valence-corrected chi connectivity index (χ2v) is 6.51. The zero-order valence-electron chi connectivity index (χ0n) is 14.7. The van der Waals surface area contributed by atoms with E-state index in [0.717, 1.165) is 18.5 Å². The quantitative estimate of drug-likeness (QED) is 0.897. The number of likely N-dealkylation sites (N-methyl/N-ethyl adjacent to an activating group) is 1. The summed E-state index contributed by atoms with van der Waals surface area (Å²) in [5.74, 6) is -0.618. The van der Waals surface area contributed by atoms with Crippen LogP contribution in [0.3, 0.4) is 0 Å². The van der Waals surface area contributed by atoms with Gasteiger partial charge in [0.1, 0.15) is 5.82 Å². The first-order valence-corrected chi connectivity index (χ1v) is 8.65. The summed E-state index contributed by atoms with van der Waals surface area (Å²) in [5, 5.41) is 2.70. The summed E-state index contributed by atoms with van der Waals surface area (Å²) in [6.07, 6.45) is 1.92. The average Bonchev–Trinajstić information content (AvgIpc) is 2.63. The maximum Gasteiger partial charge on any atom is 0.241 e. The van der Waals surface area contributed by atoms with Crippen LogP contribution < -0.4 is 10.2 Å². The van der Waals surface area contributed by atoms with Gasteiger partial charge in [0.05, 0.1) is 13.1 Å². The molecule has 1 N–H and O–H groups in total. The second kappa shape index (κ2) is 8.10. The van der Waals surface area contributed by atoms with Crippen molar-refractivity contribution in [3.05, 3.63) is 59.9 Å². The Morgan fingerprint density at radius 1 is 1.12 bits per heavy atom. The molecular formula is C20H22FN3O2. The first-order chi connectivity index (χ1) is 12.5. The summed E-state index contributed by atoms with van der Waals surface area (Å²) >= 11 is 0. The molecule has 0 aliphatic carbocycles. The van der Waals surface area contributed by atoms with Crippen LogP contribution in [0.2, 0.25) is 0 Å². The van der Waals surface area contributed by atoms with Gasteiger partial charge < -0.3 is 10.2 Å². The van der Waals surface area contributed by atoms with Gasteiger partial charge >= 0.3 is 0 Å². The molecule has 0 saturated heterocycles. The van der Waals surface area contributed by atoms with Gasteiger partial charge in [-0.1, -0.05) is 18.2 Å². The second-order valence-electron chi connectivity index (χ2n) is 6.51. The Hall–Kier alpha value is -2.73. The van der Waals surface area contributed by atoms with E-state index in [9.17, 15) is 14.0 Å². The van der Waals surface area contributed by atoms with Crippen molar-refractivity contribution in [1.82, 2.24) is 4.90 Å².